The van der Waals surface area contributed by atoms with Gasteiger partial charge in [0.05, 0.1) is 36.9 Å². The quantitative estimate of drug-likeness (QED) is 0.346. The minimum Gasteiger partial charge on any atom is -0.468 e. The Kier molecular flexibility index (Phi) is 8.47. The molecule has 1 amide bonds. The van der Waals surface area contributed by atoms with Crippen molar-refractivity contribution in [3.05, 3.63) is 70.9 Å². The van der Waals surface area contributed by atoms with Crippen molar-refractivity contribution in [2.45, 2.75) is 76.5 Å². The summed E-state index contributed by atoms with van der Waals surface area (Å²) >= 11 is 0. The second-order valence-corrected chi connectivity index (χ2v) is 11.2. The summed E-state index contributed by atoms with van der Waals surface area (Å²) in [6.45, 7) is 7.22. The number of methoxy groups -OCH3 is 1. The van der Waals surface area contributed by atoms with Crippen LogP contribution in [0.1, 0.15) is 56.4 Å². The van der Waals surface area contributed by atoms with Crippen LogP contribution in [0.4, 0.5) is 13.6 Å². The smallest absolute Gasteiger partial charge is 0.329 e. The molecule has 0 spiro atoms. The summed E-state index contributed by atoms with van der Waals surface area (Å²) in [6.07, 6.45) is 3.07. The number of hydrogen-bond acceptors (Lipinski definition) is 5. The number of likely N-dealkylation sites (tertiary alicyclic amines) is 1. The third-order valence-corrected chi connectivity index (χ3v) is 8.83. The minimum atomic E-state index is -0.999. The van der Waals surface area contributed by atoms with E-state index >= 15 is 0 Å². The number of carbonyl (C=O) groups excluding carboxylic acids is 2. The zero-order valence-corrected chi connectivity index (χ0v) is 24.1. The Morgan fingerprint density at radius 1 is 1.10 bits per heavy atom. The lowest BCUT2D eigenvalue weighted by molar-refractivity contribution is -0.150. The monoisotopic (exact) mass is 568 g/mol. The molecule has 1 aromatic heterocycles. The van der Waals surface area contributed by atoms with E-state index in [4.69, 9.17) is 14.2 Å². The van der Waals surface area contributed by atoms with Gasteiger partial charge in [-0.25, -0.2) is 13.6 Å². The van der Waals surface area contributed by atoms with Gasteiger partial charge in [0.25, 0.3) is 0 Å². The van der Waals surface area contributed by atoms with E-state index in [2.05, 4.69) is 0 Å². The van der Waals surface area contributed by atoms with Gasteiger partial charge in [0.1, 0.15) is 11.6 Å². The first-order valence-electron chi connectivity index (χ1n) is 14.4. The highest BCUT2D eigenvalue weighted by Gasteiger charge is 2.48. The maximum absolute atomic E-state index is 14.5. The zero-order chi connectivity index (χ0) is 29.3. The minimum absolute atomic E-state index is 0.0186. The third-order valence-electron chi connectivity index (χ3n) is 8.83. The first-order chi connectivity index (χ1) is 19.7. The SMILES string of the molecule is CCO[C@H]1CC[C@H](Cc2c(C)n(C(=O)N3CC[C@@](C(=O)OC)(c4ccc(F)cc4)C[C@@H]3C)c3cc(F)ccc23)OC1. The average Bonchev–Trinajstić information content (AvgIpc) is 3.23. The number of piperidine rings is 1. The Morgan fingerprint density at radius 2 is 1.83 bits per heavy atom. The van der Waals surface area contributed by atoms with Crippen LogP contribution in [-0.4, -0.2) is 66.6 Å². The number of halogens is 2. The van der Waals surface area contributed by atoms with Gasteiger partial charge in [0, 0.05) is 36.7 Å². The van der Waals surface area contributed by atoms with E-state index in [1.54, 1.807) is 27.7 Å². The van der Waals surface area contributed by atoms with E-state index in [0.717, 1.165) is 29.5 Å². The van der Waals surface area contributed by atoms with Crippen molar-refractivity contribution in [3.8, 4) is 0 Å². The molecule has 2 saturated heterocycles. The van der Waals surface area contributed by atoms with E-state index in [1.807, 2.05) is 20.8 Å². The van der Waals surface area contributed by atoms with Gasteiger partial charge in [-0.05, 0) is 87.9 Å². The Morgan fingerprint density at radius 3 is 2.46 bits per heavy atom. The fraction of sp³-hybridized carbons (Fsp3) is 0.500. The van der Waals surface area contributed by atoms with Gasteiger partial charge in [-0.1, -0.05) is 12.1 Å². The second kappa shape index (κ2) is 11.9. The normalized spacial score (nSPS) is 24.9. The Labute approximate surface area is 239 Å². The van der Waals surface area contributed by atoms with Gasteiger partial charge < -0.3 is 19.1 Å². The molecule has 9 heteroatoms. The molecule has 2 fully saturated rings. The van der Waals surface area contributed by atoms with Crippen molar-refractivity contribution in [2.75, 3.05) is 26.9 Å². The number of nitrogens with zero attached hydrogens (tertiary/aromatic N) is 2. The molecule has 220 valence electrons. The Hall–Kier alpha value is -3.30. The van der Waals surface area contributed by atoms with Gasteiger partial charge in [-0.2, -0.15) is 0 Å². The van der Waals surface area contributed by atoms with Gasteiger partial charge in [0.2, 0.25) is 0 Å². The summed E-state index contributed by atoms with van der Waals surface area (Å²) in [6, 6.07) is 9.84. The maximum atomic E-state index is 14.5. The van der Waals surface area contributed by atoms with Crippen molar-refractivity contribution in [3.63, 3.8) is 0 Å². The molecular formula is C32H38F2N2O5. The number of rotatable bonds is 6. The molecule has 7 nitrogen and oxygen atoms in total. The molecule has 0 N–H and O–H groups in total. The molecule has 4 atom stereocenters. The summed E-state index contributed by atoms with van der Waals surface area (Å²) in [5.74, 6) is -1.22. The Bertz CT molecular complexity index is 1410. The molecule has 41 heavy (non-hydrogen) atoms. The predicted molar refractivity (Wildman–Crippen MR) is 151 cm³/mol. The van der Waals surface area contributed by atoms with Crippen molar-refractivity contribution in [1.82, 2.24) is 9.47 Å². The van der Waals surface area contributed by atoms with Crippen molar-refractivity contribution in [1.29, 1.82) is 0 Å². The number of benzene rings is 2. The van der Waals surface area contributed by atoms with E-state index in [1.165, 1.54) is 31.4 Å². The molecule has 0 aliphatic carbocycles. The molecule has 0 saturated carbocycles. The van der Waals surface area contributed by atoms with Crippen LogP contribution < -0.4 is 0 Å². The standard InChI is InChI=1S/C32H38F2N2O5/c1-5-40-26-12-11-25(41-19-26)17-28-21(3)36(29-16-24(34)10-13-27(28)29)31(38)35-15-14-32(18-20(35)2,30(37)39-4)22-6-8-23(33)9-7-22/h6-10,13,16,20,25-26H,5,11-12,14-15,17-19H2,1-4H3/t20-,25+,26-,32-/m0/s1. The van der Waals surface area contributed by atoms with Gasteiger partial charge in [-0.3, -0.25) is 9.36 Å². The molecule has 2 aromatic carbocycles. The number of fused-ring (bicyclic) bond motifs is 1. The number of hydrogen-bond donors (Lipinski definition) is 0. The van der Waals surface area contributed by atoms with Crippen molar-refractivity contribution >= 4 is 22.9 Å². The first-order valence-corrected chi connectivity index (χ1v) is 14.4. The number of carbonyl (C=O) groups is 2. The summed E-state index contributed by atoms with van der Waals surface area (Å²) in [5, 5.41) is 0.827. The zero-order valence-electron chi connectivity index (χ0n) is 24.1. The van der Waals surface area contributed by atoms with Crippen LogP contribution in [0, 0.1) is 18.6 Å². The van der Waals surface area contributed by atoms with E-state index in [9.17, 15) is 18.4 Å². The topological polar surface area (TPSA) is 70.0 Å². The molecule has 0 unspecified atom stereocenters. The molecule has 3 heterocycles. The second-order valence-electron chi connectivity index (χ2n) is 11.2. The average molecular weight is 569 g/mol. The van der Waals surface area contributed by atoms with Crippen LogP contribution in [0.25, 0.3) is 10.9 Å². The summed E-state index contributed by atoms with van der Waals surface area (Å²) in [7, 11) is 1.34. The van der Waals surface area contributed by atoms with E-state index in [-0.39, 0.29) is 36.6 Å². The summed E-state index contributed by atoms with van der Waals surface area (Å²) in [5.41, 5.74) is 1.90. The van der Waals surface area contributed by atoms with E-state index < -0.39 is 17.2 Å². The molecule has 5 rings (SSSR count). The Balaban J connectivity index is 1.43. The lowest BCUT2D eigenvalue weighted by Crippen LogP contribution is -2.54. The first kappa shape index (κ1) is 29.2. The fourth-order valence-corrected chi connectivity index (χ4v) is 6.69. The number of ether oxygens (including phenoxy) is 3. The van der Waals surface area contributed by atoms with Crippen LogP contribution in [0.5, 0.6) is 0 Å². The highest BCUT2D eigenvalue weighted by atomic mass is 19.1. The number of amides is 1. The molecule has 3 aromatic rings. The number of aromatic nitrogens is 1. The summed E-state index contributed by atoms with van der Waals surface area (Å²) in [4.78, 5) is 29.0. The van der Waals surface area contributed by atoms with Crippen molar-refractivity contribution < 1.29 is 32.6 Å². The van der Waals surface area contributed by atoms with Crippen LogP contribution in [-0.2, 0) is 30.8 Å². The largest absolute Gasteiger partial charge is 0.468 e. The van der Waals surface area contributed by atoms with Crippen molar-refractivity contribution in [2.24, 2.45) is 0 Å². The van der Waals surface area contributed by atoms with Gasteiger partial charge >= 0.3 is 12.0 Å². The summed E-state index contributed by atoms with van der Waals surface area (Å²) < 4.78 is 46.8. The molecule has 2 aliphatic rings. The lowest BCUT2D eigenvalue weighted by atomic mass is 9.70. The van der Waals surface area contributed by atoms with Crippen LogP contribution in [0.3, 0.4) is 0 Å². The molecular weight excluding hydrogens is 530 g/mol. The molecule has 2 aliphatic heterocycles. The molecule has 0 bridgehead atoms. The van der Waals surface area contributed by atoms with Gasteiger partial charge in [-0.15, -0.1) is 0 Å². The van der Waals surface area contributed by atoms with Crippen LogP contribution in [0.2, 0.25) is 0 Å². The van der Waals surface area contributed by atoms with Crippen LogP contribution >= 0.6 is 0 Å². The predicted octanol–water partition coefficient (Wildman–Crippen LogP) is 5.92. The van der Waals surface area contributed by atoms with Crippen LogP contribution in [0.15, 0.2) is 42.5 Å². The van der Waals surface area contributed by atoms with E-state index in [0.29, 0.717) is 43.6 Å². The highest BCUT2D eigenvalue weighted by molar-refractivity contribution is 5.96. The van der Waals surface area contributed by atoms with Gasteiger partial charge in [0.15, 0.2) is 0 Å². The lowest BCUT2D eigenvalue weighted by Gasteiger charge is -2.44. The molecule has 0 radical (unpaired) electrons. The fourth-order valence-electron chi connectivity index (χ4n) is 6.69. The highest BCUT2D eigenvalue weighted by Crippen LogP contribution is 2.40. The maximum Gasteiger partial charge on any atom is 0.329 e. The number of esters is 1. The third kappa shape index (κ3) is 5.49.